The molecule has 1 saturated heterocycles. The minimum absolute atomic E-state index is 0.0160. The highest BCUT2D eigenvalue weighted by atomic mass is 35.5. The topological polar surface area (TPSA) is 75.7 Å². The summed E-state index contributed by atoms with van der Waals surface area (Å²) in [5, 5.41) is 3.14. The molecule has 0 spiro atoms. The van der Waals surface area contributed by atoms with Gasteiger partial charge in [-0.25, -0.2) is 4.79 Å². The molecule has 0 bridgehead atoms. The van der Waals surface area contributed by atoms with Gasteiger partial charge in [0.2, 0.25) is 0 Å². The van der Waals surface area contributed by atoms with Crippen LogP contribution in [-0.4, -0.2) is 35.8 Å². The third-order valence-corrected chi connectivity index (χ3v) is 5.06. The SMILES string of the molecule is COC(=O)c1ccc(NCN2C(=O)S/C(=C\c3ccccc3Cl)C2=O)cc1. The highest BCUT2D eigenvalue weighted by Crippen LogP contribution is 2.33. The Balaban J connectivity index is 1.67. The first-order valence-electron chi connectivity index (χ1n) is 7.92. The first-order chi connectivity index (χ1) is 13.0. The summed E-state index contributed by atoms with van der Waals surface area (Å²) < 4.78 is 4.64. The van der Waals surface area contributed by atoms with Gasteiger partial charge in [-0.3, -0.25) is 14.5 Å². The average molecular weight is 403 g/mol. The van der Waals surface area contributed by atoms with E-state index in [0.29, 0.717) is 26.7 Å². The van der Waals surface area contributed by atoms with Crippen molar-refractivity contribution in [2.45, 2.75) is 0 Å². The van der Waals surface area contributed by atoms with Crippen LogP contribution < -0.4 is 5.32 Å². The van der Waals surface area contributed by atoms with Crippen molar-refractivity contribution in [1.29, 1.82) is 0 Å². The van der Waals surface area contributed by atoms with Crippen LogP contribution >= 0.6 is 23.4 Å². The lowest BCUT2D eigenvalue weighted by molar-refractivity contribution is -0.122. The highest BCUT2D eigenvalue weighted by Gasteiger charge is 2.34. The third-order valence-electron chi connectivity index (χ3n) is 3.81. The summed E-state index contributed by atoms with van der Waals surface area (Å²) >= 11 is 6.97. The smallest absolute Gasteiger partial charge is 0.337 e. The van der Waals surface area contributed by atoms with Crippen molar-refractivity contribution in [3.63, 3.8) is 0 Å². The van der Waals surface area contributed by atoms with Crippen LogP contribution in [-0.2, 0) is 9.53 Å². The number of esters is 1. The Morgan fingerprint density at radius 2 is 1.89 bits per heavy atom. The van der Waals surface area contributed by atoms with Gasteiger partial charge in [-0.05, 0) is 53.7 Å². The van der Waals surface area contributed by atoms with E-state index in [-0.39, 0.29) is 17.8 Å². The van der Waals surface area contributed by atoms with Gasteiger partial charge in [0.15, 0.2) is 0 Å². The summed E-state index contributed by atoms with van der Waals surface area (Å²) in [4.78, 5) is 37.5. The molecule has 8 heteroatoms. The Bertz CT molecular complexity index is 928. The van der Waals surface area contributed by atoms with Crippen LogP contribution in [0.4, 0.5) is 10.5 Å². The number of halogens is 1. The number of ether oxygens (including phenoxy) is 1. The Morgan fingerprint density at radius 1 is 1.19 bits per heavy atom. The van der Waals surface area contributed by atoms with Gasteiger partial charge in [0.1, 0.15) is 0 Å². The molecule has 0 aromatic heterocycles. The Kier molecular flexibility index (Phi) is 5.83. The first-order valence-corrected chi connectivity index (χ1v) is 9.11. The van der Waals surface area contributed by atoms with Crippen molar-refractivity contribution < 1.29 is 19.1 Å². The third kappa shape index (κ3) is 4.32. The van der Waals surface area contributed by atoms with Crippen LogP contribution in [0, 0.1) is 0 Å². The van der Waals surface area contributed by atoms with E-state index in [1.165, 1.54) is 7.11 Å². The molecular weight excluding hydrogens is 388 g/mol. The minimum atomic E-state index is -0.433. The van der Waals surface area contributed by atoms with E-state index in [1.54, 1.807) is 48.5 Å². The number of carbonyl (C=O) groups is 3. The summed E-state index contributed by atoms with van der Waals surface area (Å²) in [7, 11) is 1.31. The minimum Gasteiger partial charge on any atom is -0.465 e. The highest BCUT2D eigenvalue weighted by molar-refractivity contribution is 8.18. The van der Waals surface area contributed by atoms with E-state index in [2.05, 4.69) is 10.1 Å². The lowest BCUT2D eigenvalue weighted by Crippen LogP contribution is -2.33. The van der Waals surface area contributed by atoms with Crippen LogP contribution in [0.25, 0.3) is 6.08 Å². The summed E-state index contributed by atoms with van der Waals surface area (Å²) in [6.07, 6.45) is 1.61. The normalized spacial score (nSPS) is 15.3. The van der Waals surface area contributed by atoms with E-state index < -0.39 is 5.97 Å². The lowest BCUT2D eigenvalue weighted by Gasteiger charge is -2.14. The number of thioether (sulfide) groups is 1. The fraction of sp³-hybridized carbons (Fsp3) is 0.105. The molecule has 1 aliphatic rings. The molecule has 0 unspecified atom stereocenters. The molecule has 0 atom stereocenters. The average Bonchev–Trinajstić information content (AvgIpc) is 2.94. The maximum Gasteiger partial charge on any atom is 0.337 e. The van der Waals surface area contributed by atoms with E-state index in [1.807, 2.05) is 6.07 Å². The monoisotopic (exact) mass is 402 g/mol. The van der Waals surface area contributed by atoms with Crippen LogP contribution in [0.3, 0.4) is 0 Å². The molecule has 138 valence electrons. The predicted octanol–water partition coefficient (Wildman–Crippen LogP) is 4.23. The van der Waals surface area contributed by atoms with E-state index in [9.17, 15) is 14.4 Å². The first kappa shape index (κ1) is 19.0. The molecule has 2 aromatic rings. The summed E-state index contributed by atoms with van der Waals surface area (Å²) in [5.74, 6) is -0.819. The second kappa shape index (κ2) is 8.28. The Labute approximate surface area is 165 Å². The van der Waals surface area contributed by atoms with Crippen LogP contribution in [0.15, 0.2) is 53.4 Å². The maximum atomic E-state index is 12.5. The number of anilines is 1. The Morgan fingerprint density at radius 3 is 2.56 bits per heavy atom. The summed E-state index contributed by atoms with van der Waals surface area (Å²) in [5.41, 5.74) is 1.75. The van der Waals surface area contributed by atoms with Crippen LogP contribution in [0.2, 0.25) is 5.02 Å². The zero-order valence-corrected chi connectivity index (χ0v) is 15.8. The van der Waals surface area contributed by atoms with Gasteiger partial charge in [0.05, 0.1) is 24.2 Å². The van der Waals surface area contributed by atoms with Gasteiger partial charge in [0, 0.05) is 10.7 Å². The van der Waals surface area contributed by atoms with Gasteiger partial charge >= 0.3 is 5.97 Å². The number of benzene rings is 2. The molecule has 1 aliphatic heterocycles. The fourth-order valence-corrected chi connectivity index (χ4v) is 3.40. The number of hydrogen-bond acceptors (Lipinski definition) is 6. The molecule has 1 fully saturated rings. The summed E-state index contributed by atoms with van der Waals surface area (Å²) in [6.45, 7) is 0.0160. The van der Waals surface area contributed by atoms with E-state index in [4.69, 9.17) is 11.6 Å². The van der Waals surface area contributed by atoms with Crippen molar-refractivity contribution in [1.82, 2.24) is 4.90 Å². The number of hydrogen-bond donors (Lipinski definition) is 1. The molecule has 27 heavy (non-hydrogen) atoms. The number of nitrogens with one attached hydrogen (secondary N) is 1. The van der Waals surface area contributed by atoms with Gasteiger partial charge in [-0.2, -0.15) is 0 Å². The number of imide groups is 1. The zero-order chi connectivity index (χ0) is 19.4. The van der Waals surface area contributed by atoms with E-state index in [0.717, 1.165) is 16.7 Å². The molecule has 2 aromatic carbocycles. The molecule has 0 saturated carbocycles. The van der Waals surface area contributed by atoms with Crippen molar-refractivity contribution in [2.75, 3.05) is 19.1 Å². The van der Waals surface area contributed by atoms with Crippen LogP contribution in [0.5, 0.6) is 0 Å². The molecule has 0 aliphatic carbocycles. The second-order valence-corrected chi connectivity index (χ2v) is 6.94. The molecule has 1 N–H and O–H groups in total. The number of carbonyl (C=O) groups excluding carboxylic acids is 3. The molecule has 6 nitrogen and oxygen atoms in total. The molecule has 2 amide bonds. The van der Waals surface area contributed by atoms with Crippen LogP contribution in [0.1, 0.15) is 15.9 Å². The van der Waals surface area contributed by atoms with Crippen molar-refractivity contribution in [2.24, 2.45) is 0 Å². The predicted molar refractivity (Wildman–Crippen MR) is 106 cm³/mol. The van der Waals surface area contributed by atoms with Gasteiger partial charge < -0.3 is 10.1 Å². The maximum absolute atomic E-state index is 12.5. The van der Waals surface area contributed by atoms with Crippen molar-refractivity contribution in [3.8, 4) is 0 Å². The number of rotatable bonds is 5. The van der Waals surface area contributed by atoms with Gasteiger partial charge in [0.25, 0.3) is 11.1 Å². The van der Waals surface area contributed by atoms with Gasteiger partial charge in [-0.1, -0.05) is 29.8 Å². The number of nitrogens with zero attached hydrogens (tertiary/aromatic N) is 1. The summed E-state index contributed by atoms with van der Waals surface area (Å²) in [6, 6.07) is 13.6. The van der Waals surface area contributed by atoms with Gasteiger partial charge in [-0.15, -0.1) is 0 Å². The molecule has 0 radical (unpaired) electrons. The number of methoxy groups -OCH3 is 1. The second-order valence-electron chi connectivity index (χ2n) is 5.54. The van der Waals surface area contributed by atoms with E-state index >= 15 is 0 Å². The van der Waals surface area contributed by atoms with Crippen molar-refractivity contribution in [3.05, 3.63) is 69.6 Å². The molecule has 1 heterocycles. The standard InChI is InChI=1S/C19H15ClN2O4S/c1-26-18(24)12-6-8-14(9-7-12)21-11-22-17(23)16(27-19(22)25)10-13-4-2-3-5-15(13)20/h2-10,21H,11H2,1H3/b16-10-. The largest absolute Gasteiger partial charge is 0.465 e. The van der Waals surface area contributed by atoms with Crippen molar-refractivity contribution >= 4 is 52.2 Å². The fourth-order valence-electron chi connectivity index (χ4n) is 2.38. The quantitative estimate of drug-likeness (QED) is 0.595. The lowest BCUT2D eigenvalue weighted by atomic mass is 10.2. The zero-order valence-electron chi connectivity index (χ0n) is 14.3. The molecular formula is C19H15ClN2O4S. The Hall–Kier alpha value is -2.77. The molecule has 3 rings (SSSR count). The number of amides is 2.